The first-order chi connectivity index (χ1) is 9.86. The molecule has 0 aliphatic carbocycles. The lowest BCUT2D eigenvalue weighted by Crippen LogP contribution is -2.40. The van der Waals surface area contributed by atoms with Crippen LogP contribution in [-0.2, 0) is 14.1 Å². The highest BCUT2D eigenvalue weighted by atomic mass is 16.3. The number of hydrogen-bond donors (Lipinski definition) is 1. The molecule has 110 valence electrons. The van der Waals surface area contributed by atoms with E-state index in [1.807, 2.05) is 26.0 Å². The van der Waals surface area contributed by atoms with Crippen molar-refractivity contribution in [1.82, 2.24) is 9.13 Å². The molecule has 0 saturated heterocycles. The summed E-state index contributed by atoms with van der Waals surface area (Å²) >= 11 is 0. The SMILES string of the molecule is Cc1ccc(C(C)Nc2c(C#N)c(=O)n(C)c(=O)n2C)o1. The number of hydrogen-bond acceptors (Lipinski definition) is 5. The van der Waals surface area contributed by atoms with E-state index < -0.39 is 11.2 Å². The van der Waals surface area contributed by atoms with Gasteiger partial charge in [0.15, 0.2) is 5.56 Å². The number of furan rings is 1. The normalized spacial score (nSPS) is 12.0. The maximum Gasteiger partial charge on any atom is 0.332 e. The molecule has 0 spiro atoms. The van der Waals surface area contributed by atoms with Crippen molar-refractivity contribution in [3.05, 3.63) is 50.1 Å². The number of nitriles is 1. The van der Waals surface area contributed by atoms with E-state index in [2.05, 4.69) is 5.32 Å². The van der Waals surface area contributed by atoms with Gasteiger partial charge in [-0.15, -0.1) is 0 Å². The lowest BCUT2D eigenvalue weighted by atomic mass is 10.2. The number of aromatic nitrogens is 2. The van der Waals surface area contributed by atoms with Crippen LogP contribution in [0.2, 0.25) is 0 Å². The zero-order valence-corrected chi connectivity index (χ0v) is 12.3. The van der Waals surface area contributed by atoms with E-state index in [0.717, 1.165) is 10.3 Å². The van der Waals surface area contributed by atoms with Gasteiger partial charge in [0.05, 0.1) is 6.04 Å². The van der Waals surface area contributed by atoms with Gasteiger partial charge in [-0.05, 0) is 26.0 Å². The summed E-state index contributed by atoms with van der Waals surface area (Å²) in [6, 6.07) is 5.19. The maximum atomic E-state index is 12.0. The van der Waals surface area contributed by atoms with Crippen molar-refractivity contribution >= 4 is 5.82 Å². The van der Waals surface area contributed by atoms with Crippen LogP contribution in [0.4, 0.5) is 5.82 Å². The van der Waals surface area contributed by atoms with Crippen LogP contribution in [0.5, 0.6) is 0 Å². The summed E-state index contributed by atoms with van der Waals surface area (Å²) in [6.45, 7) is 3.65. The van der Waals surface area contributed by atoms with Crippen molar-refractivity contribution < 1.29 is 4.42 Å². The Labute approximate surface area is 121 Å². The van der Waals surface area contributed by atoms with Gasteiger partial charge in [-0.2, -0.15) is 5.26 Å². The van der Waals surface area contributed by atoms with E-state index in [-0.39, 0.29) is 17.4 Å². The Morgan fingerprint density at radius 3 is 2.48 bits per heavy atom. The molecule has 0 radical (unpaired) electrons. The summed E-state index contributed by atoms with van der Waals surface area (Å²) in [7, 11) is 2.85. The minimum absolute atomic E-state index is 0.102. The fourth-order valence-corrected chi connectivity index (χ4v) is 2.08. The Kier molecular flexibility index (Phi) is 3.72. The fraction of sp³-hybridized carbons (Fsp3) is 0.357. The molecule has 2 aromatic heterocycles. The van der Waals surface area contributed by atoms with E-state index >= 15 is 0 Å². The number of anilines is 1. The molecular formula is C14H16N4O3. The largest absolute Gasteiger partial charge is 0.464 e. The molecule has 2 heterocycles. The monoisotopic (exact) mass is 288 g/mol. The Hall–Kier alpha value is -2.75. The molecule has 0 bridgehead atoms. The summed E-state index contributed by atoms with van der Waals surface area (Å²) < 4.78 is 7.65. The molecule has 2 rings (SSSR count). The van der Waals surface area contributed by atoms with E-state index in [1.54, 1.807) is 6.07 Å². The smallest absolute Gasteiger partial charge is 0.332 e. The second-order valence-corrected chi connectivity index (χ2v) is 4.86. The highest BCUT2D eigenvalue weighted by Crippen LogP contribution is 2.21. The standard InChI is InChI=1S/C14H16N4O3/c1-8-5-6-11(21-8)9(2)16-12-10(7-15)13(19)18(4)14(20)17(12)3/h5-6,9,16H,1-4H3. The van der Waals surface area contributed by atoms with Crippen molar-refractivity contribution in [2.45, 2.75) is 19.9 Å². The lowest BCUT2D eigenvalue weighted by molar-refractivity contribution is 0.465. The summed E-state index contributed by atoms with van der Waals surface area (Å²) in [5.41, 5.74) is -1.22. The van der Waals surface area contributed by atoms with Crippen molar-refractivity contribution in [2.75, 3.05) is 5.32 Å². The van der Waals surface area contributed by atoms with E-state index in [0.29, 0.717) is 5.76 Å². The Bertz CT molecular complexity index is 835. The molecule has 1 N–H and O–H groups in total. The van der Waals surface area contributed by atoms with Crippen molar-refractivity contribution in [1.29, 1.82) is 5.26 Å². The third kappa shape index (κ3) is 2.48. The average Bonchev–Trinajstić information content (AvgIpc) is 2.89. The minimum Gasteiger partial charge on any atom is -0.464 e. The topological polar surface area (TPSA) is 93.0 Å². The van der Waals surface area contributed by atoms with Gasteiger partial charge >= 0.3 is 5.69 Å². The molecule has 7 heteroatoms. The quantitative estimate of drug-likeness (QED) is 0.910. The van der Waals surface area contributed by atoms with Crippen LogP contribution < -0.4 is 16.6 Å². The molecule has 7 nitrogen and oxygen atoms in total. The van der Waals surface area contributed by atoms with Crippen molar-refractivity contribution in [3.63, 3.8) is 0 Å². The molecular weight excluding hydrogens is 272 g/mol. The van der Waals surface area contributed by atoms with E-state index in [1.165, 1.54) is 18.7 Å². The van der Waals surface area contributed by atoms with Crippen LogP contribution in [0.25, 0.3) is 0 Å². The van der Waals surface area contributed by atoms with Gasteiger partial charge in [-0.25, -0.2) is 4.79 Å². The summed E-state index contributed by atoms with van der Waals surface area (Å²) in [4.78, 5) is 23.9. The van der Waals surface area contributed by atoms with E-state index in [4.69, 9.17) is 4.42 Å². The van der Waals surface area contributed by atoms with Gasteiger partial charge < -0.3 is 9.73 Å². The molecule has 1 atom stereocenters. The number of nitrogens with zero attached hydrogens (tertiary/aromatic N) is 3. The second-order valence-electron chi connectivity index (χ2n) is 4.86. The first-order valence-electron chi connectivity index (χ1n) is 6.39. The summed E-state index contributed by atoms with van der Waals surface area (Å²) in [5, 5.41) is 12.2. The van der Waals surface area contributed by atoms with Crippen LogP contribution >= 0.6 is 0 Å². The van der Waals surface area contributed by atoms with Crippen molar-refractivity contribution in [2.24, 2.45) is 14.1 Å². The second kappa shape index (κ2) is 5.32. The fourth-order valence-electron chi connectivity index (χ4n) is 2.08. The third-order valence-electron chi connectivity index (χ3n) is 3.32. The molecule has 0 aromatic carbocycles. The summed E-state index contributed by atoms with van der Waals surface area (Å²) in [6.07, 6.45) is 0. The van der Waals surface area contributed by atoms with E-state index in [9.17, 15) is 14.9 Å². The first kappa shape index (κ1) is 14.7. The molecule has 0 aliphatic heterocycles. The lowest BCUT2D eigenvalue weighted by Gasteiger charge is -2.17. The van der Waals surface area contributed by atoms with Gasteiger partial charge in [-0.1, -0.05) is 0 Å². The molecule has 21 heavy (non-hydrogen) atoms. The molecule has 0 aliphatic rings. The Morgan fingerprint density at radius 1 is 1.29 bits per heavy atom. The first-order valence-corrected chi connectivity index (χ1v) is 6.39. The van der Waals surface area contributed by atoms with Gasteiger partial charge in [0.25, 0.3) is 5.56 Å². The van der Waals surface area contributed by atoms with Gasteiger partial charge in [0.2, 0.25) is 0 Å². The predicted molar refractivity (Wildman–Crippen MR) is 77.1 cm³/mol. The van der Waals surface area contributed by atoms with Crippen LogP contribution in [-0.4, -0.2) is 9.13 Å². The average molecular weight is 288 g/mol. The van der Waals surface area contributed by atoms with Gasteiger partial charge in [0.1, 0.15) is 23.4 Å². The maximum absolute atomic E-state index is 12.0. The number of aryl methyl sites for hydroxylation is 1. The highest BCUT2D eigenvalue weighted by molar-refractivity contribution is 5.52. The molecule has 0 fully saturated rings. The zero-order chi connectivity index (χ0) is 15.7. The third-order valence-corrected chi connectivity index (χ3v) is 3.32. The van der Waals surface area contributed by atoms with Crippen LogP contribution in [0, 0.1) is 18.3 Å². The Balaban J connectivity index is 2.52. The highest BCUT2D eigenvalue weighted by Gasteiger charge is 2.18. The minimum atomic E-state index is -0.620. The predicted octanol–water partition coefficient (Wildman–Crippen LogP) is 1.03. The van der Waals surface area contributed by atoms with Crippen LogP contribution in [0.15, 0.2) is 26.1 Å². The molecule has 1 unspecified atom stereocenters. The Morgan fingerprint density at radius 2 is 1.95 bits per heavy atom. The molecule has 0 amide bonds. The summed E-state index contributed by atoms with van der Waals surface area (Å²) in [5.74, 6) is 1.61. The van der Waals surface area contributed by atoms with Crippen molar-refractivity contribution in [3.8, 4) is 6.07 Å². The molecule has 2 aromatic rings. The number of rotatable bonds is 3. The van der Waals surface area contributed by atoms with Gasteiger partial charge in [0, 0.05) is 14.1 Å². The number of nitrogens with one attached hydrogen (secondary N) is 1. The van der Waals surface area contributed by atoms with Crippen LogP contribution in [0.1, 0.15) is 30.0 Å². The van der Waals surface area contributed by atoms with Crippen LogP contribution in [0.3, 0.4) is 0 Å². The zero-order valence-electron chi connectivity index (χ0n) is 12.3. The molecule has 0 saturated carbocycles. The van der Waals surface area contributed by atoms with Gasteiger partial charge in [-0.3, -0.25) is 13.9 Å².